The number of oxazole rings is 1. The molecule has 0 bridgehead atoms. The van der Waals surface area contributed by atoms with Crippen LogP contribution in [0.5, 0.6) is 5.75 Å². The van der Waals surface area contributed by atoms with Crippen LogP contribution in [0.3, 0.4) is 0 Å². The highest BCUT2D eigenvalue weighted by Gasteiger charge is 2.25. The third-order valence-corrected chi connectivity index (χ3v) is 5.66. The van der Waals surface area contributed by atoms with E-state index in [0.29, 0.717) is 30.4 Å². The molecule has 1 fully saturated rings. The highest BCUT2D eigenvalue weighted by atomic mass is 16.5. The molecule has 5 heteroatoms. The van der Waals surface area contributed by atoms with Gasteiger partial charge in [0.15, 0.2) is 0 Å². The molecule has 4 rings (SSSR count). The lowest BCUT2D eigenvalue weighted by molar-refractivity contribution is -0.132. The molecule has 156 valence electrons. The van der Waals surface area contributed by atoms with Crippen molar-refractivity contribution in [3.63, 3.8) is 0 Å². The van der Waals surface area contributed by atoms with E-state index in [1.54, 1.807) is 0 Å². The number of nitrogens with zero attached hydrogens (tertiary/aromatic N) is 2. The summed E-state index contributed by atoms with van der Waals surface area (Å²) in [7, 11) is 0. The summed E-state index contributed by atoms with van der Waals surface area (Å²) in [4.78, 5) is 19.3. The summed E-state index contributed by atoms with van der Waals surface area (Å²) in [6.07, 6.45) is 2.09. The van der Waals surface area contributed by atoms with Crippen LogP contribution in [-0.4, -0.2) is 35.0 Å². The number of benzene rings is 2. The topological polar surface area (TPSA) is 55.6 Å². The fourth-order valence-corrected chi connectivity index (χ4v) is 3.79. The fourth-order valence-electron chi connectivity index (χ4n) is 3.79. The average Bonchev–Trinajstić information content (AvgIpc) is 3.12. The van der Waals surface area contributed by atoms with Gasteiger partial charge in [-0.3, -0.25) is 4.79 Å². The van der Waals surface area contributed by atoms with Crippen LogP contribution in [0.1, 0.15) is 35.4 Å². The Hall–Kier alpha value is -3.08. The Bertz CT molecular complexity index is 1020. The fraction of sp³-hybridized carbons (Fsp3) is 0.360. The molecule has 0 radical (unpaired) electrons. The predicted octanol–water partition coefficient (Wildman–Crippen LogP) is 4.88. The number of aromatic nitrogens is 1. The van der Waals surface area contributed by atoms with Gasteiger partial charge >= 0.3 is 0 Å². The van der Waals surface area contributed by atoms with Crippen LogP contribution in [0, 0.1) is 20.8 Å². The molecule has 0 atom stereocenters. The smallest absolute Gasteiger partial charge is 0.228 e. The van der Waals surface area contributed by atoms with E-state index in [1.807, 2.05) is 42.2 Å². The first-order chi connectivity index (χ1) is 14.5. The van der Waals surface area contributed by atoms with Crippen molar-refractivity contribution in [3.8, 4) is 17.2 Å². The molecule has 0 aliphatic carbocycles. The average molecular weight is 405 g/mol. The van der Waals surface area contributed by atoms with Crippen molar-refractivity contribution in [2.24, 2.45) is 0 Å². The molecule has 0 N–H and O–H groups in total. The van der Waals surface area contributed by atoms with Gasteiger partial charge in [-0.05, 0) is 50.1 Å². The summed E-state index contributed by atoms with van der Waals surface area (Å²) in [6.45, 7) is 7.42. The molecule has 5 nitrogen and oxygen atoms in total. The molecule has 2 heterocycles. The van der Waals surface area contributed by atoms with Crippen LogP contribution in [0.25, 0.3) is 11.5 Å². The maximum absolute atomic E-state index is 12.8. The third-order valence-electron chi connectivity index (χ3n) is 5.66. The Kier molecular flexibility index (Phi) is 5.88. The van der Waals surface area contributed by atoms with Crippen LogP contribution in [0.4, 0.5) is 0 Å². The minimum Gasteiger partial charge on any atom is -0.490 e. The van der Waals surface area contributed by atoms with Gasteiger partial charge in [0.05, 0.1) is 12.1 Å². The summed E-state index contributed by atoms with van der Waals surface area (Å²) in [5, 5.41) is 0. The standard InChI is InChI=1S/C25H28N2O3/c1-17-9-10-18(2)23(15-17)30-21-11-13-27(14-12-21)24(28)16-22-19(3)29-25(26-22)20-7-5-4-6-8-20/h4-10,15,21H,11-14,16H2,1-3H3. The Morgan fingerprint density at radius 3 is 2.57 bits per heavy atom. The number of ether oxygens (including phenoxy) is 1. The van der Waals surface area contributed by atoms with Crippen molar-refractivity contribution in [2.45, 2.75) is 46.1 Å². The van der Waals surface area contributed by atoms with Crippen LogP contribution < -0.4 is 4.74 Å². The molecule has 1 aliphatic rings. The highest BCUT2D eigenvalue weighted by molar-refractivity contribution is 5.78. The Balaban J connectivity index is 1.34. The summed E-state index contributed by atoms with van der Waals surface area (Å²) >= 11 is 0. The Labute approximate surface area is 177 Å². The van der Waals surface area contributed by atoms with Gasteiger partial charge in [-0.2, -0.15) is 0 Å². The van der Waals surface area contributed by atoms with Gasteiger partial charge in [0, 0.05) is 31.5 Å². The monoisotopic (exact) mass is 404 g/mol. The molecule has 0 saturated carbocycles. The van der Waals surface area contributed by atoms with E-state index in [9.17, 15) is 4.79 Å². The molecule has 2 aromatic carbocycles. The van der Waals surface area contributed by atoms with E-state index < -0.39 is 0 Å². The molecule has 1 saturated heterocycles. The predicted molar refractivity (Wildman–Crippen MR) is 117 cm³/mol. The number of rotatable bonds is 5. The van der Waals surface area contributed by atoms with Gasteiger partial charge in [-0.1, -0.05) is 30.3 Å². The summed E-state index contributed by atoms with van der Waals surface area (Å²) in [5.74, 6) is 2.31. The number of hydrogen-bond acceptors (Lipinski definition) is 4. The SMILES string of the molecule is Cc1ccc(C)c(OC2CCN(C(=O)Cc3nc(-c4ccccc4)oc3C)CC2)c1. The van der Waals surface area contributed by atoms with E-state index in [4.69, 9.17) is 9.15 Å². The number of carbonyl (C=O) groups excluding carboxylic acids is 1. The number of carbonyl (C=O) groups is 1. The zero-order valence-electron chi connectivity index (χ0n) is 17.9. The van der Waals surface area contributed by atoms with E-state index in [0.717, 1.165) is 29.7 Å². The van der Waals surface area contributed by atoms with Gasteiger partial charge in [-0.25, -0.2) is 4.98 Å². The van der Waals surface area contributed by atoms with Gasteiger partial charge in [0.25, 0.3) is 0 Å². The van der Waals surface area contributed by atoms with Crippen LogP contribution >= 0.6 is 0 Å². The zero-order valence-corrected chi connectivity index (χ0v) is 17.9. The van der Waals surface area contributed by atoms with Crippen LogP contribution in [-0.2, 0) is 11.2 Å². The first kappa shape index (κ1) is 20.2. The molecule has 0 spiro atoms. The first-order valence-electron chi connectivity index (χ1n) is 10.5. The van der Waals surface area contributed by atoms with E-state index in [-0.39, 0.29) is 18.4 Å². The normalized spacial score (nSPS) is 14.7. The first-order valence-corrected chi connectivity index (χ1v) is 10.5. The number of likely N-dealkylation sites (tertiary alicyclic amines) is 1. The quantitative estimate of drug-likeness (QED) is 0.608. The maximum Gasteiger partial charge on any atom is 0.228 e. The third kappa shape index (κ3) is 4.56. The van der Waals surface area contributed by atoms with Crippen molar-refractivity contribution >= 4 is 5.91 Å². The lowest BCUT2D eigenvalue weighted by atomic mass is 10.1. The number of aryl methyl sites for hydroxylation is 3. The Morgan fingerprint density at radius 1 is 1.10 bits per heavy atom. The second kappa shape index (κ2) is 8.74. The summed E-state index contributed by atoms with van der Waals surface area (Å²) in [6, 6.07) is 16.0. The molecular weight excluding hydrogens is 376 g/mol. The largest absolute Gasteiger partial charge is 0.490 e. The molecule has 3 aromatic rings. The molecule has 1 aliphatic heterocycles. The van der Waals surface area contributed by atoms with E-state index in [2.05, 4.69) is 37.0 Å². The lowest BCUT2D eigenvalue weighted by Gasteiger charge is -2.32. The highest BCUT2D eigenvalue weighted by Crippen LogP contribution is 2.25. The van der Waals surface area contributed by atoms with Crippen LogP contribution in [0.15, 0.2) is 52.9 Å². The number of piperidine rings is 1. The van der Waals surface area contributed by atoms with Gasteiger partial charge < -0.3 is 14.1 Å². The Morgan fingerprint density at radius 2 is 1.83 bits per heavy atom. The van der Waals surface area contributed by atoms with Crippen molar-refractivity contribution < 1.29 is 13.9 Å². The molecule has 1 amide bonds. The minimum atomic E-state index is 0.0937. The van der Waals surface area contributed by atoms with E-state index >= 15 is 0 Å². The molecule has 1 aromatic heterocycles. The minimum absolute atomic E-state index is 0.0937. The van der Waals surface area contributed by atoms with Gasteiger partial charge in [-0.15, -0.1) is 0 Å². The lowest BCUT2D eigenvalue weighted by Crippen LogP contribution is -2.42. The molecular formula is C25H28N2O3. The number of hydrogen-bond donors (Lipinski definition) is 0. The van der Waals surface area contributed by atoms with Gasteiger partial charge in [0.2, 0.25) is 11.8 Å². The second-order valence-electron chi connectivity index (χ2n) is 8.03. The van der Waals surface area contributed by atoms with Crippen molar-refractivity contribution in [1.82, 2.24) is 9.88 Å². The van der Waals surface area contributed by atoms with Crippen molar-refractivity contribution in [1.29, 1.82) is 0 Å². The summed E-state index contributed by atoms with van der Waals surface area (Å²) in [5.41, 5.74) is 3.98. The van der Waals surface area contributed by atoms with Crippen molar-refractivity contribution in [2.75, 3.05) is 13.1 Å². The molecule has 0 unspecified atom stereocenters. The van der Waals surface area contributed by atoms with Crippen LogP contribution in [0.2, 0.25) is 0 Å². The van der Waals surface area contributed by atoms with Crippen molar-refractivity contribution in [3.05, 3.63) is 71.1 Å². The second-order valence-corrected chi connectivity index (χ2v) is 8.03. The van der Waals surface area contributed by atoms with E-state index in [1.165, 1.54) is 5.56 Å². The molecule has 30 heavy (non-hydrogen) atoms. The van der Waals surface area contributed by atoms with Gasteiger partial charge in [0.1, 0.15) is 17.6 Å². The maximum atomic E-state index is 12.8. The number of amides is 1. The summed E-state index contributed by atoms with van der Waals surface area (Å²) < 4.78 is 12.0. The zero-order chi connectivity index (χ0) is 21.1.